The van der Waals surface area contributed by atoms with Crippen molar-refractivity contribution in [3.63, 3.8) is 0 Å². The summed E-state index contributed by atoms with van der Waals surface area (Å²) in [5.74, 6) is -1.75. The monoisotopic (exact) mass is 480 g/mol. The molecule has 1 unspecified atom stereocenters. The van der Waals surface area contributed by atoms with Crippen molar-refractivity contribution in [3.05, 3.63) is 71.3 Å². The van der Waals surface area contributed by atoms with Crippen LogP contribution >= 0.6 is 0 Å². The molecule has 2 N–H and O–H groups in total. The second-order valence-electron chi connectivity index (χ2n) is 8.69. The summed E-state index contributed by atoms with van der Waals surface area (Å²) in [7, 11) is 1.47. The van der Waals surface area contributed by atoms with Crippen molar-refractivity contribution in [2.75, 3.05) is 33.4 Å². The lowest BCUT2D eigenvalue weighted by atomic mass is 9.98. The predicted octanol–water partition coefficient (Wildman–Crippen LogP) is 3.81. The third-order valence-corrected chi connectivity index (χ3v) is 5.90. The Labute approximate surface area is 205 Å². The second kappa shape index (κ2) is 12.2. The molecule has 0 aromatic heterocycles. The van der Waals surface area contributed by atoms with Crippen LogP contribution in [0.1, 0.15) is 37.3 Å². The maximum atomic E-state index is 13.1. The molecule has 2 aromatic carbocycles. The van der Waals surface area contributed by atoms with Crippen molar-refractivity contribution >= 4 is 18.0 Å². The van der Waals surface area contributed by atoms with Gasteiger partial charge in [0.1, 0.15) is 19.2 Å². The van der Waals surface area contributed by atoms with Gasteiger partial charge >= 0.3 is 12.1 Å². The van der Waals surface area contributed by atoms with E-state index >= 15 is 0 Å². The first kappa shape index (κ1) is 26.0. The first-order valence-corrected chi connectivity index (χ1v) is 11.6. The Kier molecular flexibility index (Phi) is 9.03. The number of aliphatic carboxylic acids is 1. The molecule has 2 amide bonds. The van der Waals surface area contributed by atoms with Crippen LogP contribution in [0.15, 0.2) is 60.2 Å². The molecule has 2 aromatic rings. The smallest absolute Gasteiger partial charge is 0.407 e. The molecule has 1 aliphatic rings. The number of methoxy groups -OCH3 is 1. The van der Waals surface area contributed by atoms with Crippen LogP contribution in [-0.2, 0) is 19.1 Å². The van der Waals surface area contributed by atoms with Gasteiger partial charge in [-0.2, -0.15) is 0 Å². The van der Waals surface area contributed by atoms with E-state index in [2.05, 4.69) is 17.4 Å². The number of carboxylic acid groups (broad SMARTS) is 1. The lowest BCUT2D eigenvalue weighted by Gasteiger charge is -2.26. The van der Waals surface area contributed by atoms with Crippen LogP contribution < -0.4 is 5.32 Å². The molecule has 0 heterocycles. The molecule has 0 saturated carbocycles. The van der Waals surface area contributed by atoms with Crippen LogP contribution in [0, 0.1) is 0 Å². The largest absolute Gasteiger partial charge is 0.480 e. The van der Waals surface area contributed by atoms with Crippen molar-refractivity contribution < 1.29 is 29.0 Å². The Morgan fingerprint density at radius 2 is 1.66 bits per heavy atom. The summed E-state index contributed by atoms with van der Waals surface area (Å²) in [6.07, 6.45) is 1.31. The van der Waals surface area contributed by atoms with Crippen molar-refractivity contribution in [1.29, 1.82) is 0 Å². The number of hydrogen-bond donors (Lipinski definition) is 2. The Bertz CT molecular complexity index is 1050. The minimum absolute atomic E-state index is 0.0966. The zero-order valence-electron chi connectivity index (χ0n) is 20.3. The van der Waals surface area contributed by atoms with Gasteiger partial charge in [0, 0.05) is 19.6 Å². The molecule has 0 saturated heterocycles. The summed E-state index contributed by atoms with van der Waals surface area (Å²) >= 11 is 0. The molecular weight excluding hydrogens is 448 g/mol. The van der Waals surface area contributed by atoms with E-state index in [1.165, 1.54) is 12.0 Å². The maximum absolute atomic E-state index is 13.1. The third-order valence-electron chi connectivity index (χ3n) is 5.90. The molecule has 1 aliphatic carbocycles. The minimum Gasteiger partial charge on any atom is -0.480 e. The summed E-state index contributed by atoms with van der Waals surface area (Å²) in [6.45, 7) is 3.67. The SMILES string of the molecule is COCCN(CC(=O)O)C(=O)C(CC=C(C)C)NC(=O)OCC1c2ccccc2-c2ccccc21. The average molecular weight is 481 g/mol. The van der Waals surface area contributed by atoms with E-state index in [9.17, 15) is 19.5 Å². The number of benzene rings is 2. The van der Waals surface area contributed by atoms with E-state index in [4.69, 9.17) is 9.47 Å². The molecule has 0 spiro atoms. The maximum Gasteiger partial charge on any atom is 0.407 e. The highest BCUT2D eigenvalue weighted by atomic mass is 16.5. The number of carbonyl (C=O) groups excluding carboxylic acids is 2. The van der Waals surface area contributed by atoms with Gasteiger partial charge in [0.05, 0.1) is 6.61 Å². The predicted molar refractivity (Wildman–Crippen MR) is 132 cm³/mol. The molecule has 0 fully saturated rings. The van der Waals surface area contributed by atoms with E-state index < -0.39 is 30.6 Å². The number of ether oxygens (including phenoxy) is 2. The van der Waals surface area contributed by atoms with Gasteiger partial charge in [0.25, 0.3) is 0 Å². The zero-order valence-corrected chi connectivity index (χ0v) is 20.3. The molecule has 0 bridgehead atoms. The van der Waals surface area contributed by atoms with Gasteiger partial charge in [-0.05, 0) is 42.5 Å². The minimum atomic E-state index is -1.14. The molecule has 35 heavy (non-hydrogen) atoms. The van der Waals surface area contributed by atoms with Gasteiger partial charge < -0.3 is 24.8 Å². The molecular formula is C27H32N2O6. The van der Waals surface area contributed by atoms with E-state index in [0.717, 1.165) is 27.8 Å². The number of fused-ring (bicyclic) bond motifs is 3. The Hall–Kier alpha value is -3.65. The van der Waals surface area contributed by atoms with Crippen LogP contribution in [0.2, 0.25) is 0 Å². The molecule has 186 valence electrons. The topological polar surface area (TPSA) is 105 Å². The van der Waals surface area contributed by atoms with Gasteiger partial charge in [0.15, 0.2) is 0 Å². The normalized spacial score (nSPS) is 12.8. The summed E-state index contributed by atoms with van der Waals surface area (Å²) < 4.78 is 10.6. The van der Waals surface area contributed by atoms with Crippen LogP contribution in [0.4, 0.5) is 4.79 Å². The molecule has 0 radical (unpaired) electrons. The van der Waals surface area contributed by atoms with Crippen molar-refractivity contribution in [2.24, 2.45) is 0 Å². The van der Waals surface area contributed by atoms with Crippen LogP contribution in [-0.4, -0.2) is 67.4 Å². The van der Waals surface area contributed by atoms with Crippen LogP contribution in [0.25, 0.3) is 11.1 Å². The fourth-order valence-corrected chi connectivity index (χ4v) is 4.21. The van der Waals surface area contributed by atoms with Gasteiger partial charge in [0.2, 0.25) is 5.91 Å². The Morgan fingerprint density at radius 1 is 1.06 bits per heavy atom. The van der Waals surface area contributed by atoms with Crippen molar-refractivity contribution in [2.45, 2.75) is 32.2 Å². The number of hydrogen-bond acceptors (Lipinski definition) is 5. The molecule has 8 heteroatoms. The summed E-state index contributed by atoms with van der Waals surface area (Å²) in [5.41, 5.74) is 5.39. The number of alkyl carbamates (subject to hydrolysis) is 1. The van der Waals surface area contributed by atoms with Gasteiger partial charge in [-0.1, -0.05) is 60.2 Å². The quantitative estimate of drug-likeness (QED) is 0.474. The van der Waals surface area contributed by atoms with Crippen LogP contribution in [0.5, 0.6) is 0 Å². The fourth-order valence-electron chi connectivity index (χ4n) is 4.21. The lowest BCUT2D eigenvalue weighted by Crippen LogP contribution is -2.50. The number of rotatable bonds is 11. The number of nitrogens with one attached hydrogen (secondary N) is 1. The van der Waals surface area contributed by atoms with E-state index in [0.29, 0.717) is 0 Å². The van der Waals surface area contributed by atoms with E-state index in [1.807, 2.05) is 56.3 Å². The standard InChI is InChI=1S/C27H32N2O6/c1-18(2)12-13-24(26(32)29(14-15-34-3)16-25(30)31)28-27(33)35-17-23-21-10-6-4-8-19(21)20-9-5-7-11-22(20)23/h4-12,23-24H,13-17H2,1-3H3,(H,28,33)(H,30,31). The average Bonchev–Trinajstić information content (AvgIpc) is 3.16. The van der Waals surface area contributed by atoms with E-state index in [-0.39, 0.29) is 32.1 Å². The Morgan fingerprint density at radius 3 is 2.20 bits per heavy atom. The summed E-state index contributed by atoms with van der Waals surface area (Å²) in [5, 5.41) is 11.9. The molecule has 8 nitrogen and oxygen atoms in total. The number of carboxylic acids is 1. The van der Waals surface area contributed by atoms with Crippen molar-refractivity contribution in [1.82, 2.24) is 10.2 Å². The van der Waals surface area contributed by atoms with Gasteiger partial charge in [-0.15, -0.1) is 0 Å². The van der Waals surface area contributed by atoms with E-state index in [1.54, 1.807) is 0 Å². The first-order valence-electron chi connectivity index (χ1n) is 11.6. The number of allylic oxidation sites excluding steroid dienone is 1. The van der Waals surface area contributed by atoms with Crippen LogP contribution in [0.3, 0.4) is 0 Å². The molecule has 0 aliphatic heterocycles. The van der Waals surface area contributed by atoms with Gasteiger partial charge in [-0.3, -0.25) is 9.59 Å². The highest BCUT2D eigenvalue weighted by Crippen LogP contribution is 2.44. The lowest BCUT2D eigenvalue weighted by molar-refractivity contribution is -0.145. The van der Waals surface area contributed by atoms with Crippen molar-refractivity contribution in [3.8, 4) is 11.1 Å². The first-order chi connectivity index (χ1) is 16.8. The van der Waals surface area contributed by atoms with Gasteiger partial charge in [-0.25, -0.2) is 4.79 Å². The summed E-state index contributed by atoms with van der Waals surface area (Å²) in [4.78, 5) is 38.4. The highest BCUT2D eigenvalue weighted by Gasteiger charge is 2.31. The fraction of sp³-hybridized carbons (Fsp3) is 0.370. The third kappa shape index (κ3) is 6.70. The summed E-state index contributed by atoms with van der Waals surface area (Å²) in [6, 6.07) is 15.1. The highest BCUT2D eigenvalue weighted by molar-refractivity contribution is 5.88. The second-order valence-corrected chi connectivity index (χ2v) is 8.69. The zero-order chi connectivity index (χ0) is 25.4. The number of carbonyl (C=O) groups is 3. The number of amides is 2. The molecule has 3 rings (SSSR count). The number of nitrogens with zero attached hydrogens (tertiary/aromatic N) is 1. The molecule has 1 atom stereocenters. The Balaban J connectivity index is 1.71.